The van der Waals surface area contributed by atoms with Gasteiger partial charge in [0.1, 0.15) is 11.5 Å². The first-order valence-electron chi connectivity index (χ1n) is 12.1. The first kappa shape index (κ1) is 27.4. The molecular weight excluding hydrogens is 535 g/mol. The SMILES string of the molecule is CN1CCN(C2CCN(C(=O)COCC3CCCN3S(=O)(=O)c3c(Cl)cc(Cl)cc3Cl)CC2)CC1. The van der Waals surface area contributed by atoms with Gasteiger partial charge in [-0.05, 0) is 44.9 Å². The Morgan fingerprint density at radius 2 is 1.60 bits per heavy atom. The molecule has 196 valence electrons. The van der Waals surface area contributed by atoms with E-state index in [0.29, 0.717) is 25.4 Å². The Hall–Kier alpha value is -0.650. The summed E-state index contributed by atoms with van der Waals surface area (Å²) in [5.41, 5.74) is 0. The van der Waals surface area contributed by atoms with Crippen LogP contribution >= 0.6 is 34.8 Å². The highest BCUT2D eigenvalue weighted by Gasteiger charge is 2.38. The number of piperidine rings is 1. The number of sulfonamides is 1. The number of carbonyl (C=O) groups excluding carboxylic acids is 1. The maximum atomic E-state index is 13.3. The molecule has 1 amide bonds. The van der Waals surface area contributed by atoms with Gasteiger partial charge in [-0.3, -0.25) is 9.69 Å². The second-order valence-electron chi connectivity index (χ2n) is 9.58. The van der Waals surface area contributed by atoms with Gasteiger partial charge in [-0.25, -0.2) is 8.42 Å². The number of hydrogen-bond donors (Lipinski definition) is 0. The molecule has 0 aliphatic carbocycles. The van der Waals surface area contributed by atoms with Crippen LogP contribution in [-0.4, -0.2) is 111 Å². The molecule has 0 spiro atoms. The molecule has 1 unspecified atom stereocenters. The molecule has 0 saturated carbocycles. The molecule has 0 bridgehead atoms. The highest BCUT2D eigenvalue weighted by Crippen LogP contribution is 2.37. The van der Waals surface area contributed by atoms with Crippen LogP contribution in [0.3, 0.4) is 0 Å². The summed E-state index contributed by atoms with van der Waals surface area (Å²) < 4.78 is 33.7. The van der Waals surface area contributed by atoms with E-state index < -0.39 is 10.0 Å². The van der Waals surface area contributed by atoms with Crippen LogP contribution in [0.4, 0.5) is 0 Å². The number of piperazine rings is 1. The van der Waals surface area contributed by atoms with Gasteiger partial charge in [0.05, 0.1) is 16.7 Å². The van der Waals surface area contributed by atoms with Gasteiger partial charge in [0.15, 0.2) is 0 Å². The van der Waals surface area contributed by atoms with Crippen molar-refractivity contribution < 1.29 is 17.9 Å². The Bertz CT molecular complexity index is 989. The Labute approximate surface area is 223 Å². The third-order valence-electron chi connectivity index (χ3n) is 7.26. The third-order valence-corrected chi connectivity index (χ3v) is 10.4. The van der Waals surface area contributed by atoms with Crippen molar-refractivity contribution in [3.05, 3.63) is 27.2 Å². The average molecular weight is 568 g/mol. The first-order chi connectivity index (χ1) is 16.7. The van der Waals surface area contributed by atoms with E-state index in [9.17, 15) is 13.2 Å². The zero-order valence-electron chi connectivity index (χ0n) is 20.0. The number of amides is 1. The van der Waals surface area contributed by atoms with Crippen molar-refractivity contribution in [2.24, 2.45) is 0 Å². The second kappa shape index (κ2) is 11.8. The molecule has 1 aromatic carbocycles. The van der Waals surface area contributed by atoms with Crippen LogP contribution in [0.2, 0.25) is 15.1 Å². The summed E-state index contributed by atoms with van der Waals surface area (Å²) in [6.45, 7) is 6.27. The van der Waals surface area contributed by atoms with Gasteiger partial charge in [0, 0.05) is 62.9 Å². The van der Waals surface area contributed by atoms with E-state index in [0.717, 1.165) is 52.1 Å². The average Bonchev–Trinajstić information content (AvgIpc) is 3.28. The number of benzene rings is 1. The van der Waals surface area contributed by atoms with Crippen LogP contribution in [0.1, 0.15) is 25.7 Å². The standard InChI is InChI=1S/C23H33Cl3N4O4S/c1-27-9-11-28(12-10-27)18-4-7-29(8-5-18)22(31)16-34-15-19-3-2-6-30(19)35(32,33)23-20(25)13-17(24)14-21(23)26/h13-14,18-19H,2-12,15-16H2,1H3. The van der Waals surface area contributed by atoms with E-state index in [1.807, 2.05) is 4.90 Å². The summed E-state index contributed by atoms with van der Waals surface area (Å²) >= 11 is 18.3. The van der Waals surface area contributed by atoms with Gasteiger partial charge >= 0.3 is 0 Å². The minimum absolute atomic E-state index is 0.00998. The summed E-state index contributed by atoms with van der Waals surface area (Å²) in [5.74, 6) is -0.0435. The normalized spacial score (nSPS) is 23.8. The Morgan fingerprint density at radius 3 is 2.23 bits per heavy atom. The molecule has 0 radical (unpaired) electrons. The molecule has 12 heteroatoms. The topological polar surface area (TPSA) is 73.4 Å². The quantitative estimate of drug-likeness (QED) is 0.504. The van der Waals surface area contributed by atoms with Gasteiger partial charge in [-0.15, -0.1) is 0 Å². The molecule has 3 aliphatic rings. The molecule has 1 atom stereocenters. The van der Waals surface area contributed by atoms with Crippen LogP contribution < -0.4 is 0 Å². The second-order valence-corrected chi connectivity index (χ2v) is 12.7. The van der Waals surface area contributed by atoms with Gasteiger partial charge in [0.2, 0.25) is 15.9 Å². The van der Waals surface area contributed by atoms with Crippen molar-refractivity contribution in [3.8, 4) is 0 Å². The van der Waals surface area contributed by atoms with Crippen molar-refractivity contribution in [3.63, 3.8) is 0 Å². The maximum Gasteiger partial charge on any atom is 0.248 e. The van der Waals surface area contributed by atoms with E-state index in [-0.39, 0.29) is 45.1 Å². The summed E-state index contributed by atoms with van der Waals surface area (Å²) in [6.07, 6.45) is 3.30. The highest BCUT2D eigenvalue weighted by atomic mass is 35.5. The molecular formula is C23H33Cl3N4O4S. The lowest BCUT2D eigenvalue weighted by Crippen LogP contribution is -2.53. The maximum absolute atomic E-state index is 13.3. The molecule has 8 nitrogen and oxygen atoms in total. The largest absolute Gasteiger partial charge is 0.370 e. The van der Waals surface area contributed by atoms with Gasteiger partial charge in [-0.2, -0.15) is 4.31 Å². The van der Waals surface area contributed by atoms with E-state index in [4.69, 9.17) is 39.5 Å². The van der Waals surface area contributed by atoms with Crippen LogP contribution in [0.5, 0.6) is 0 Å². The van der Waals surface area contributed by atoms with Crippen molar-refractivity contribution in [1.29, 1.82) is 0 Å². The molecule has 3 aliphatic heterocycles. The third kappa shape index (κ3) is 6.44. The van der Waals surface area contributed by atoms with Crippen LogP contribution in [-0.2, 0) is 19.6 Å². The predicted octanol–water partition coefficient (Wildman–Crippen LogP) is 3.05. The number of halogens is 3. The molecule has 0 aromatic heterocycles. The molecule has 35 heavy (non-hydrogen) atoms. The van der Waals surface area contributed by atoms with E-state index in [1.54, 1.807) is 0 Å². The zero-order valence-corrected chi connectivity index (χ0v) is 23.1. The molecule has 3 fully saturated rings. The smallest absolute Gasteiger partial charge is 0.248 e. The molecule has 1 aromatic rings. The number of rotatable bonds is 7. The number of carbonyl (C=O) groups is 1. The van der Waals surface area contributed by atoms with Gasteiger partial charge < -0.3 is 14.5 Å². The van der Waals surface area contributed by atoms with Crippen LogP contribution in [0, 0.1) is 0 Å². The first-order valence-corrected chi connectivity index (χ1v) is 14.7. The highest BCUT2D eigenvalue weighted by molar-refractivity contribution is 7.89. The monoisotopic (exact) mass is 566 g/mol. The van der Waals surface area contributed by atoms with Crippen molar-refractivity contribution >= 4 is 50.7 Å². The van der Waals surface area contributed by atoms with Gasteiger partial charge in [0.25, 0.3) is 0 Å². The molecule has 0 N–H and O–H groups in total. The minimum Gasteiger partial charge on any atom is -0.370 e. The minimum atomic E-state index is -3.93. The zero-order chi connectivity index (χ0) is 25.2. The summed E-state index contributed by atoms with van der Waals surface area (Å²) in [6, 6.07) is 2.90. The number of ether oxygens (including phenoxy) is 1. The molecule has 3 saturated heterocycles. The predicted molar refractivity (Wildman–Crippen MR) is 138 cm³/mol. The number of likely N-dealkylation sites (tertiary alicyclic amines) is 1. The Balaban J connectivity index is 1.26. The van der Waals surface area contributed by atoms with E-state index >= 15 is 0 Å². The Morgan fingerprint density at radius 1 is 0.971 bits per heavy atom. The Kier molecular flexibility index (Phi) is 9.25. The van der Waals surface area contributed by atoms with Crippen LogP contribution in [0.25, 0.3) is 0 Å². The van der Waals surface area contributed by atoms with Crippen molar-refractivity contribution in [2.45, 2.75) is 42.7 Å². The lowest BCUT2D eigenvalue weighted by molar-refractivity contribution is -0.138. The van der Waals surface area contributed by atoms with Crippen LogP contribution in [0.15, 0.2) is 17.0 Å². The fourth-order valence-corrected chi connectivity index (χ4v) is 8.40. The summed E-state index contributed by atoms with van der Waals surface area (Å²) in [5, 5.41) is 0.250. The number of likely N-dealkylation sites (N-methyl/N-ethyl adjacent to an activating group) is 1. The lowest BCUT2D eigenvalue weighted by atomic mass is 10.0. The number of nitrogens with zero attached hydrogens (tertiary/aromatic N) is 4. The van der Waals surface area contributed by atoms with Crippen molar-refractivity contribution in [2.75, 3.05) is 66.1 Å². The van der Waals surface area contributed by atoms with E-state index in [1.165, 1.54) is 16.4 Å². The lowest BCUT2D eigenvalue weighted by Gasteiger charge is -2.42. The van der Waals surface area contributed by atoms with Gasteiger partial charge in [-0.1, -0.05) is 34.8 Å². The molecule has 3 heterocycles. The summed E-state index contributed by atoms with van der Waals surface area (Å²) in [7, 11) is -1.78. The fraction of sp³-hybridized carbons (Fsp3) is 0.696. The summed E-state index contributed by atoms with van der Waals surface area (Å²) in [4.78, 5) is 19.3. The number of hydrogen-bond acceptors (Lipinski definition) is 6. The fourth-order valence-electron chi connectivity index (χ4n) is 5.23. The molecule has 4 rings (SSSR count). The van der Waals surface area contributed by atoms with E-state index in [2.05, 4.69) is 16.8 Å². The van der Waals surface area contributed by atoms with Crippen molar-refractivity contribution in [1.82, 2.24) is 19.0 Å².